The van der Waals surface area contributed by atoms with Gasteiger partial charge in [-0.1, -0.05) is 24.8 Å². The predicted molar refractivity (Wildman–Crippen MR) is 104 cm³/mol. The minimum Gasteiger partial charge on any atom is -0.335 e. The van der Waals surface area contributed by atoms with Crippen LogP contribution in [0.3, 0.4) is 0 Å². The van der Waals surface area contributed by atoms with Crippen molar-refractivity contribution in [3.05, 3.63) is 17.5 Å². The Kier molecular flexibility index (Phi) is 6.03. The first-order valence-corrected chi connectivity index (χ1v) is 12.2. The fourth-order valence-electron chi connectivity index (χ4n) is 3.04. The summed E-state index contributed by atoms with van der Waals surface area (Å²) in [6.45, 7) is 3.97. The fourth-order valence-corrected chi connectivity index (χ4v) is 6.08. The highest BCUT2D eigenvalue weighted by molar-refractivity contribution is 7.99. The van der Waals surface area contributed by atoms with E-state index in [0.29, 0.717) is 17.4 Å². The van der Waals surface area contributed by atoms with Crippen molar-refractivity contribution in [2.24, 2.45) is 0 Å². The van der Waals surface area contributed by atoms with Crippen LogP contribution in [0.4, 0.5) is 0 Å². The zero-order valence-corrected chi connectivity index (χ0v) is 17.2. The van der Waals surface area contributed by atoms with Crippen molar-refractivity contribution in [2.75, 3.05) is 17.3 Å². The molecule has 7 nitrogen and oxygen atoms in total. The third-order valence-corrected chi connectivity index (χ3v) is 7.96. The van der Waals surface area contributed by atoms with Crippen molar-refractivity contribution in [1.29, 1.82) is 0 Å². The smallest absolute Gasteiger partial charge is 0.233 e. The number of thioether (sulfide) groups is 1. The van der Waals surface area contributed by atoms with Gasteiger partial charge < -0.3 is 4.90 Å². The molecule has 0 spiro atoms. The summed E-state index contributed by atoms with van der Waals surface area (Å²) in [5.74, 6) is 1.06. The summed E-state index contributed by atoms with van der Waals surface area (Å²) in [5, 5.41) is 9.53. The highest BCUT2D eigenvalue weighted by Crippen LogP contribution is 2.25. The van der Waals surface area contributed by atoms with Crippen LogP contribution in [-0.4, -0.2) is 63.7 Å². The standard InChI is InChI=1S/C16H22N4O3S3/c1-3-11(2)20(12-6-8-26(22,23)10-12)14(21)9-25-16-17-15(18-19-16)13-5-4-7-24-13/h4-5,7,11-12H,3,6,8-10H2,1-2H3,(H,17,18,19)/t11-,12+/m1/s1. The zero-order chi connectivity index (χ0) is 18.7. The molecule has 2 aromatic heterocycles. The van der Waals surface area contributed by atoms with Crippen LogP contribution in [0.15, 0.2) is 22.7 Å². The van der Waals surface area contributed by atoms with Crippen molar-refractivity contribution in [2.45, 2.75) is 43.9 Å². The average molecular weight is 415 g/mol. The lowest BCUT2D eigenvalue weighted by Gasteiger charge is -2.33. The van der Waals surface area contributed by atoms with Gasteiger partial charge in [0.25, 0.3) is 0 Å². The molecular formula is C16H22N4O3S3. The molecule has 1 aliphatic rings. The second kappa shape index (κ2) is 8.10. The Balaban J connectivity index is 1.64. The molecule has 3 heterocycles. The first-order chi connectivity index (χ1) is 12.4. The quantitative estimate of drug-likeness (QED) is 0.699. The Bertz CT molecular complexity index is 848. The third-order valence-electron chi connectivity index (χ3n) is 4.50. The van der Waals surface area contributed by atoms with E-state index in [1.807, 2.05) is 31.4 Å². The largest absolute Gasteiger partial charge is 0.335 e. The average Bonchev–Trinajstić information content (AvgIpc) is 3.33. The number of carbonyl (C=O) groups excluding carboxylic acids is 1. The first-order valence-electron chi connectivity index (χ1n) is 8.50. The summed E-state index contributed by atoms with van der Waals surface area (Å²) in [5.41, 5.74) is 0. The van der Waals surface area contributed by atoms with Crippen LogP contribution < -0.4 is 0 Å². The summed E-state index contributed by atoms with van der Waals surface area (Å²) in [6.07, 6.45) is 1.31. The molecule has 1 aliphatic heterocycles. The van der Waals surface area contributed by atoms with Crippen LogP contribution in [0.2, 0.25) is 0 Å². The number of hydrogen-bond donors (Lipinski definition) is 1. The fraction of sp³-hybridized carbons (Fsp3) is 0.562. The number of amides is 1. The van der Waals surface area contributed by atoms with Gasteiger partial charge in [0.2, 0.25) is 11.1 Å². The number of thiophene rings is 1. The lowest BCUT2D eigenvalue weighted by atomic mass is 10.1. The molecule has 0 saturated carbocycles. The number of rotatable bonds is 7. The molecule has 1 amide bonds. The number of carbonyl (C=O) groups is 1. The normalized spacial score (nSPS) is 20.2. The van der Waals surface area contributed by atoms with E-state index in [9.17, 15) is 13.2 Å². The minimum atomic E-state index is -3.03. The van der Waals surface area contributed by atoms with Crippen LogP contribution in [0.25, 0.3) is 10.7 Å². The number of aromatic nitrogens is 3. The maximum atomic E-state index is 12.8. The van der Waals surface area contributed by atoms with E-state index in [1.54, 1.807) is 16.2 Å². The van der Waals surface area contributed by atoms with Gasteiger partial charge in [-0.05, 0) is 31.2 Å². The molecule has 2 aromatic rings. The second-order valence-electron chi connectivity index (χ2n) is 6.35. The molecule has 0 radical (unpaired) electrons. The van der Waals surface area contributed by atoms with Gasteiger partial charge in [0.1, 0.15) is 0 Å². The number of nitrogens with one attached hydrogen (secondary N) is 1. The van der Waals surface area contributed by atoms with Crippen LogP contribution in [-0.2, 0) is 14.6 Å². The third kappa shape index (κ3) is 4.47. The van der Waals surface area contributed by atoms with Crippen molar-refractivity contribution in [1.82, 2.24) is 20.1 Å². The lowest BCUT2D eigenvalue weighted by Crippen LogP contribution is -2.47. The zero-order valence-electron chi connectivity index (χ0n) is 14.7. The van der Waals surface area contributed by atoms with E-state index in [2.05, 4.69) is 15.2 Å². The lowest BCUT2D eigenvalue weighted by molar-refractivity contribution is -0.132. The van der Waals surface area contributed by atoms with Crippen molar-refractivity contribution < 1.29 is 13.2 Å². The molecule has 1 N–H and O–H groups in total. The summed E-state index contributed by atoms with van der Waals surface area (Å²) in [6, 6.07) is 3.68. The Hall–Kier alpha value is -1.39. The molecule has 10 heteroatoms. The number of hydrogen-bond acceptors (Lipinski definition) is 7. The van der Waals surface area contributed by atoms with E-state index in [0.717, 1.165) is 11.3 Å². The minimum absolute atomic E-state index is 0.00947. The Morgan fingerprint density at radius 2 is 2.35 bits per heavy atom. The Morgan fingerprint density at radius 3 is 2.96 bits per heavy atom. The molecule has 1 saturated heterocycles. The summed E-state index contributed by atoms with van der Waals surface area (Å²) in [7, 11) is -3.03. The molecule has 0 aliphatic carbocycles. The van der Waals surface area contributed by atoms with Gasteiger partial charge in [-0.2, -0.15) is 0 Å². The van der Waals surface area contributed by atoms with Gasteiger partial charge in [0.05, 0.1) is 22.1 Å². The molecule has 0 unspecified atom stereocenters. The van der Waals surface area contributed by atoms with E-state index in [1.165, 1.54) is 11.8 Å². The first kappa shape index (κ1) is 19.4. The second-order valence-corrected chi connectivity index (χ2v) is 10.5. The Morgan fingerprint density at radius 1 is 1.54 bits per heavy atom. The predicted octanol–water partition coefficient (Wildman–Crippen LogP) is 2.44. The number of sulfone groups is 1. The summed E-state index contributed by atoms with van der Waals surface area (Å²) < 4.78 is 23.6. The summed E-state index contributed by atoms with van der Waals surface area (Å²) >= 11 is 2.84. The van der Waals surface area contributed by atoms with Gasteiger partial charge in [-0.25, -0.2) is 13.4 Å². The number of nitrogens with zero attached hydrogens (tertiary/aromatic N) is 3. The van der Waals surface area contributed by atoms with Crippen molar-refractivity contribution >= 4 is 38.8 Å². The molecule has 142 valence electrons. The van der Waals surface area contributed by atoms with E-state index >= 15 is 0 Å². The maximum absolute atomic E-state index is 12.8. The molecule has 26 heavy (non-hydrogen) atoms. The molecule has 0 aromatic carbocycles. The molecular weight excluding hydrogens is 392 g/mol. The maximum Gasteiger partial charge on any atom is 0.233 e. The van der Waals surface area contributed by atoms with Crippen LogP contribution in [0, 0.1) is 0 Å². The highest BCUT2D eigenvalue weighted by atomic mass is 32.2. The number of H-pyrrole nitrogens is 1. The summed E-state index contributed by atoms with van der Waals surface area (Å²) in [4.78, 5) is 20.0. The van der Waals surface area contributed by atoms with Crippen LogP contribution in [0.1, 0.15) is 26.7 Å². The SMILES string of the molecule is CC[C@@H](C)N(C(=O)CSc1n[nH]c(-c2cccs2)n1)[C@H]1CCS(=O)(=O)C1. The topological polar surface area (TPSA) is 96.0 Å². The highest BCUT2D eigenvalue weighted by Gasteiger charge is 2.36. The van der Waals surface area contributed by atoms with Crippen molar-refractivity contribution in [3.63, 3.8) is 0 Å². The molecule has 0 bridgehead atoms. The van der Waals surface area contributed by atoms with Crippen LogP contribution >= 0.6 is 23.1 Å². The van der Waals surface area contributed by atoms with Gasteiger partial charge in [-0.15, -0.1) is 16.4 Å². The van der Waals surface area contributed by atoms with E-state index < -0.39 is 9.84 Å². The van der Waals surface area contributed by atoms with Crippen LogP contribution in [0.5, 0.6) is 0 Å². The van der Waals surface area contributed by atoms with Crippen molar-refractivity contribution in [3.8, 4) is 10.7 Å². The van der Waals surface area contributed by atoms with Gasteiger partial charge in [0.15, 0.2) is 15.7 Å². The monoisotopic (exact) mass is 414 g/mol. The number of aromatic amines is 1. The van der Waals surface area contributed by atoms with Gasteiger partial charge in [0, 0.05) is 12.1 Å². The van der Waals surface area contributed by atoms with Gasteiger partial charge >= 0.3 is 0 Å². The Labute approximate surface area is 161 Å². The molecule has 2 atom stereocenters. The van der Waals surface area contributed by atoms with Gasteiger partial charge in [-0.3, -0.25) is 9.89 Å². The molecule has 3 rings (SSSR count). The molecule has 1 fully saturated rings. The van der Waals surface area contributed by atoms with E-state index in [-0.39, 0.29) is 35.2 Å². The van der Waals surface area contributed by atoms with E-state index in [4.69, 9.17) is 0 Å².